The van der Waals surface area contributed by atoms with Gasteiger partial charge in [-0.05, 0) is 47.4 Å². The summed E-state index contributed by atoms with van der Waals surface area (Å²) < 4.78 is 1.05. The first kappa shape index (κ1) is 11.0. The Kier molecular flexibility index (Phi) is 4.16. The number of hydrogen-bond donors (Lipinski definition) is 1. The van der Waals surface area contributed by atoms with Crippen LogP contribution in [-0.2, 0) is 0 Å². The third-order valence-corrected chi connectivity index (χ3v) is 2.64. The molecule has 1 saturated heterocycles. The fraction of sp³-hybridized carbons (Fsp3) is 0.444. The summed E-state index contributed by atoms with van der Waals surface area (Å²) >= 11 is 3.37. The molecule has 0 radical (unpaired) electrons. The van der Waals surface area contributed by atoms with E-state index in [0.717, 1.165) is 16.7 Å². The molecule has 1 aliphatic heterocycles. The van der Waals surface area contributed by atoms with Crippen LogP contribution < -0.4 is 5.32 Å². The van der Waals surface area contributed by atoms with Crippen LogP contribution in [0.1, 0.15) is 24.6 Å². The smallest absolute Gasteiger partial charge is 0.0574 e. The third kappa shape index (κ3) is 2.66. The van der Waals surface area contributed by atoms with Gasteiger partial charge in [-0.15, -0.1) is 12.4 Å². The topological polar surface area (TPSA) is 24.9 Å². The van der Waals surface area contributed by atoms with Crippen LogP contribution in [0.3, 0.4) is 0 Å². The predicted molar refractivity (Wildman–Crippen MR) is 59.2 cm³/mol. The molecular weight excluding hydrogens is 251 g/mol. The summed E-state index contributed by atoms with van der Waals surface area (Å²) in [4.78, 5) is 4.35. The molecule has 0 amide bonds. The van der Waals surface area contributed by atoms with Gasteiger partial charge in [-0.2, -0.15) is 0 Å². The number of halogens is 2. The Hall–Kier alpha value is -0.120. The normalized spacial score (nSPS) is 21.2. The lowest BCUT2D eigenvalue weighted by Crippen LogP contribution is -2.13. The molecule has 1 atom stereocenters. The van der Waals surface area contributed by atoms with E-state index in [0.29, 0.717) is 6.04 Å². The van der Waals surface area contributed by atoms with Crippen LogP contribution in [0.5, 0.6) is 0 Å². The fourth-order valence-corrected chi connectivity index (χ4v) is 1.76. The maximum absolute atomic E-state index is 4.35. The van der Waals surface area contributed by atoms with Crippen LogP contribution in [0.25, 0.3) is 0 Å². The van der Waals surface area contributed by atoms with Crippen LogP contribution in [0.2, 0.25) is 0 Å². The van der Waals surface area contributed by atoms with Crippen LogP contribution >= 0.6 is 28.3 Å². The zero-order valence-electron chi connectivity index (χ0n) is 7.16. The van der Waals surface area contributed by atoms with E-state index in [9.17, 15) is 0 Å². The molecule has 1 aliphatic rings. The van der Waals surface area contributed by atoms with Gasteiger partial charge in [0.1, 0.15) is 0 Å². The monoisotopic (exact) mass is 262 g/mol. The van der Waals surface area contributed by atoms with Crippen molar-refractivity contribution in [2.75, 3.05) is 6.54 Å². The Morgan fingerprint density at radius 3 is 2.85 bits per heavy atom. The summed E-state index contributed by atoms with van der Waals surface area (Å²) in [7, 11) is 0. The van der Waals surface area contributed by atoms with Gasteiger partial charge in [-0.25, -0.2) is 0 Å². The SMILES string of the molecule is Brc1ccc(C2CCCN2)nc1.Cl. The highest BCUT2D eigenvalue weighted by atomic mass is 79.9. The molecule has 0 aliphatic carbocycles. The average molecular weight is 264 g/mol. The number of nitrogens with zero attached hydrogens (tertiary/aromatic N) is 1. The van der Waals surface area contributed by atoms with Gasteiger partial charge in [0.05, 0.1) is 5.69 Å². The Labute approximate surface area is 92.7 Å². The molecule has 0 aromatic carbocycles. The number of aromatic nitrogens is 1. The van der Waals surface area contributed by atoms with Crippen molar-refractivity contribution in [2.45, 2.75) is 18.9 Å². The Balaban J connectivity index is 0.000000845. The van der Waals surface area contributed by atoms with Gasteiger partial charge in [-0.1, -0.05) is 0 Å². The second-order valence-electron chi connectivity index (χ2n) is 3.05. The maximum Gasteiger partial charge on any atom is 0.0574 e. The minimum atomic E-state index is 0. The Morgan fingerprint density at radius 2 is 2.31 bits per heavy atom. The van der Waals surface area contributed by atoms with Gasteiger partial charge in [0.25, 0.3) is 0 Å². The first-order valence-corrected chi connectivity index (χ1v) is 5.00. The van der Waals surface area contributed by atoms with Gasteiger partial charge in [0.2, 0.25) is 0 Å². The van der Waals surface area contributed by atoms with E-state index < -0.39 is 0 Å². The molecule has 1 N–H and O–H groups in total. The van der Waals surface area contributed by atoms with Crippen molar-refractivity contribution in [3.05, 3.63) is 28.5 Å². The number of nitrogens with one attached hydrogen (secondary N) is 1. The maximum atomic E-state index is 4.35. The number of pyridine rings is 1. The third-order valence-electron chi connectivity index (χ3n) is 2.17. The average Bonchev–Trinajstić information content (AvgIpc) is 2.58. The van der Waals surface area contributed by atoms with Crippen molar-refractivity contribution in [1.82, 2.24) is 10.3 Å². The molecular formula is C9H12BrClN2. The molecule has 1 unspecified atom stereocenters. The summed E-state index contributed by atoms with van der Waals surface area (Å²) in [6.07, 6.45) is 4.34. The lowest BCUT2D eigenvalue weighted by atomic mass is 10.1. The van der Waals surface area contributed by atoms with Crippen LogP contribution in [0.15, 0.2) is 22.8 Å². The molecule has 2 rings (SSSR count). The molecule has 13 heavy (non-hydrogen) atoms. The Bertz CT molecular complexity index is 257. The van der Waals surface area contributed by atoms with Gasteiger partial charge in [-0.3, -0.25) is 4.98 Å². The zero-order chi connectivity index (χ0) is 8.39. The standard InChI is InChI=1S/C9H11BrN2.ClH/c10-7-3-4-9(12-6-7)8-2-1-5-11-8;/h3-4,6,8,11H,1-2,5H2;1H. The van der Waals surface area contributed by atoms with Gasteiger partial charge < -0.3 is 5.32 Å². The first-order chi connectivity index (χ1) is 5.86. The van der Waals surface area contributed by atoms with Gasteiger partial charge in [0, 0.05) is 16.7 Å². The lowest BCUT2D eigenvalue weighted by molar-refractivity contribution is 0.627. The van der Waals surface area contributed by atoms with Crippen molar-refractivity contribution >= 4 is 28.3 Å². The number of hydrogen-bond acceptors (Lipinski definition) is 2. The predicted octanol–water partition coefficient (Wildman–Crippen LogP) is 2.69. The van der Waals surface area contributed by atoms with Crippen molar-refractivity contribution in [1.29, 1.82) is 0 Å². The van der Waals surface area contributed by atoms with E-state index in [1.807, 2.05) is 12.3 Å². The minimum absolute atomic E-state index is 0. The molecule has 4 heteroatoms. The molecule has 0 saturated carbocycles. The molecule has 0 bridgehead atoms. The van der Waals surface area contributed by atoms with Crippen molar-refractivity contribution in [3.63, 3.8) is 0 Å². The van der Waals surface area contributed by atoms with E-state index in [2.05, 4.69) is 32.3 Å². The zero-order valence-corrected chi connectivity index (χ0v) is 9.57. The molecule has 72 valence electrons. The summed E-state index contributed by atoms with van der Waals surface area (Å²) in [5, 5.41) is 3.41. The van der Waals surface area contributed by atoms with Crippen molar-refractivity contribution in [3.8, 4) is 0 Å². The van der Waals surface area contributed by atoms with Crippen LogP contribution in [0, 0.1) is 0 Å². The summed E-state index contributed by atoms with van der Waals surface area (Å²) in [6, 6.07) is 4.60. The first-order valence-electron chi connectivity index (χ1n) is 4.21. The highest BCUT2D eigenvalue weighted by Gasteiger charge is 2.16. The molecule has 1 fully saturated rings. The van der Waals surface area contributed by atoms with Crippen molar-refractivity contribution in [2.24, 2.45) is 0 Å². The van der Waals surface area contributed by atoms with Crippen LogP contribution in [-0.4, -0.2) is 11.5 Å². The summed E-state index contributed by atoms with van der Waals surface area (Å²) in [5.41, 5.74) is 1.16. The molecule has 2 heterocycles. The molecule has 1 aromatic rings. The van der Waals surface area contributed by atoms with Crippen molar-refractivity contribution < 1.29 is 0 Å². The van der Waals surface area contributed by atoms with Gasteiger partial charge >= 0.3 is 0 Å². The summed E-state index contributed by atoms with van der Waals surface area (Å²) in [5.74, 6) is 0. The highest BCUT2D eigenvalue weighted by molar-refractivity contribution is 9.10. The molecule has 1 aromatic heterocycles. The van der Waals surface area contributed by atoms with E-state index in [-0.39, 0.29) is 12.4 Å². The largest absolute Gasteiger partial charge is 0.309 e. The van der Waals surface area contributed by atoms with E-state index >= 15 is 0 Å². The Morgan fingerprint density at radius 1 is 1.46 bits per heavy atom. The highest BCUT2D eigenvalue weighted by Crippen LogP contribution is 2.21. The summed E-state index contributed by atoms with van der Waals surface area (Å²) in [6.45, 7) is 1.13. The van der Waals surface area contributed by atoms with E-state index in [1.165, 1.54) is 12.8 Å². The minimum Gasteiger partial charge on any atom is -0.309 e. The van der Waals surface area contributed by atoms with E-state index in [4.69, 9.17) is 0 Å². The fourth-order valence-electron chi connectivity index (χ4n) is 1.53. The quantitative estimate of drug-likeness (QED) is 0.843. The lowest BCUT2D eigenvalue weighted by Gasteiger charge is -2.08. The van der Waals surface area contributed by atoms with Gasteiger partial charge in [0.15, 0.2) is 0 Å². The van der Waals surface area contributed by atoms with Crippen LogP contribution in [0.4, 0.5) is 0 Å². The molecule has 0 spiro atoms. The number of rotatable bonds is 1. The second kappa shape index (κ2) is 4.94. The second-order valence-corrected chi connectivity index (χ2v) is 3.97. The van der Waals surface area contributed by atoms with E-state index in [1.54, 1.807) is 0 Å². The molecule has 2 nitrogen and oxygen atoms in total.